The minimum Gasteiger partial charge on any atom is -0.0617 e. The molecule has 6 unspecified atom stereocenters. The summed E-state index contributed by atoms with van der Waals surface area (Å²) in [5.74, 6) is 4.67. The van der Waals surface area contributed by atoms with E-state index >= 15 is 0 Å². The zero-order valence-electron chi connectivity index (χ0n) is 6.72. The first kappa shape index (κ1) is 4.79. The SMILES string of the molecule is CC1C(C)C23CC14CC2C43. The lowest BCUT2D eigenvalue weighted by Crippen LogP contribution is -2.37. The number of hydrogen-bond acceptors (Lipinski definition) is 0. The summed E-state index contributed by atoms with van der Waals surface area (Å²) in [5.41, 5.74) is 1.89. The fourth-order valence-electron chi connectivity index (χ4n) is 5.40. The number of hydrogen-bond donors (Lipinski definition) is 0. The number of rotatable bonds is 0. The van der Waals surface area contributed by atoms with Gasteiger partial charge in [-0.15, -0.1) is 0 Å². The summed E-state index contributed by atoms with van der Waals surface area (Å²) < 4.78 is 0. The molecular formula is C10H14. The molecule has 0 nitrogen and oxygen atoms in total. The van der Waals surface area contributed by atoms with E-state index in [1.807, 2.05) is 0 Å². The monoisotopic (exact) mass is 134 g/mol. The summed E-state index contributed by atoms with van der Waals surface area (Å²) >= 11 is 0. The Morgan fingerprint density at radius 2 is 2.00 bits per heavy atom. The third-order valence-corrected chi connectivity index (χ3v) is 5.92. The van der Waals surface area contributed by atoms with Gasteiger partial charge in [-0.1, -0.05) is 13.8 Å². The Hall–Kier alpha value is 0. The van der Waals surface area contributed by atoms with Gasteiger partial charge in [0.2, 0.25) is 0 Å². The second kappa shape index (κ2) is 0.852. The Kier molecular flexibility index (Phi) is 0.408. The minimum atomic E-state index is 0.935. The molecule has 5 aliphatic carbocycles. The molecule has 0 aliphatic heterocycles. The first-order valence-electron chi connectivity index (χ1n) is 4.73. The highest BCUT2D eigenvalue weighted by molar-refractivity contribution is 5.44. The van der Waals surface area contributed by atoms with Crippen LogP contribution in [0.1, 0.15) is 26.7 Å². The molecule has 5 rings (SSSR count). The van der Waals surface area contributed by atoms with Gasteiger partial charge in [-0.2, -0.15) is 0 Å². The van der Waals surface area contributed by atoms with Crippen LogP contribution in [0.15, 0.2) is 0 Å². The van der Waals surface area contributed by atoms with E-state index in [0.717, 1.165) is 22.7 Å². The first-order valence-corrected chi connectivity index (χ1v) is 4.73. The topological polar surface area (TPSA) is 0 Å². The molecule has 0 radical (unpaired) electrons. The summed E-state index contributed by atoms with van der Waals surface area (Å²) in [7, 11) is 0. The van der Waals surface area contributed by atoms with Crippen LogP contribution in [0.5, 0.6) is 0 Å². The van der Waals surface area contributed by atoms with Crippen molar-refractivity contribution in [2.45, 2.75) is 26.7 Å². The van der Waals surface area contributed by atoms with E-state index in [4.69, 9.17) is 0 Å². The maximum absolute atomic E-state index is 2.51. The molecule has 0 heterocycles. The number of fused-ring (bicyclic) bond motifs is 1. The van der Waals surface area contributed by atoms with Gasteiger partial charge in [0, 0.05) is 0 Å². The van der Waals surface area contributed by atoms with Gasteiger partial charge in [0.25, 0.3) is 0 Å². The summed E-state index contributed by atoms with van der Waals surface area (Å²) in [5, 5.41) is 0. The van der Waals surface area contributed by atoms with Crippen LogP contribution in [0, 0.1) is 34.5 Å². The summed E-state index contributed by atoms with van der Waals surface area (Å²) in [4.78, 5) is 0. The predicted molar refractivity (Wildman–Crippen MR) is 39.4 cm³/mol. The third kappa shape index (κ3) is 0.177. The van der Waals surface area contributed by atoms with Gasteiger partial charge in [-0.25, -0.2) is 0 Å². The van der Waals surface area contributed by atoms with Crippen molar-refractivity contribution in [2.75, 3.05) is 0 Å². The lowest BCUT2D eigenvalue weighted by Gasteiger charge is -2.44. The molecule has 10 heavy (non-hydrogen) atoms. The molecule has 2 spiro atoms. The van der Waals surface area contributed by atoms with E-state index in [1.165, 1.54) is 11.8 Å². The second-order valence-electron chi connectivity index (χ2n) is 5.39. The van der Waals surface area contributed by atoms with Crippen LogP contribution < -0.4 is 0 Å². The maximum atomic E-state index is 2.51. The van der Waals surface area contributed by atoms with Crippen LogP contribution in [0.4, 0.5) is 0 Å². The van der Waals surface area contributed by atoms with Crippen LogP contribution in [-0.4, -0.2) is 0 Å². The molecule has 5 fully saturated rings. The molecule has 0 saturated heterocycles. The molecule has 0 N–H and O–H groups in total. The van der Waals surface area contributed by atoms with E-state index in [-0.39, 0.29) is 0 Å². The summed E-state index contributed by atoms with van der Waals surface area (Å²) in [6.07, 6.45) is 3.26. The van der Waals surface area contributed by atoms with Gasteiger partial charge in [-0.05, 0) is 47.3 Å². The van der Waals surface area contributed by atoms with Gasteiger partial charge in [0.05, 0.1) is 0 Å². The highest BCUT2D eigenvalue weighted by Crippen LogP contribution is 3.02. The predicted octanol–water partition coefficient (Wildman–Crippen LogP) is 2.30. The quantitative estimate of drug-likeness (QED) is 0.477. The Morgan fingerprint density at radius 3 is 2.30 bits per heavy atom. The zero-order valence-corrected chi connectivity index (χ0v) is 6.72. The van der Waals surface area contributed by atoms with Gasteiger partial charge in [-0.3, -0.25) is 0 Å². The smallest absolute Gasteiger partial charge is 0.0195 e. The van der Waals surface area contributed by atoms with Crippen molar-refractivity contribution in [1.29, 1.82) is 0 Å². The third-order valence-electron chi connectivity index (χ3n) is 5.92. The molecule has 0 heteroatoms. The van der Waals surface area contributed by atoms with Crippen molar-refractivity contribution < 1.29 is 0 Å². The molecule has 2 bridgehead atoms. The van der Waals surface area contributed by atoms with Gasteiger partial charge in [0.1, 0.15) is 0 Å². The first-order chi connectivity index (χ1) is 4.73. The Balaban J connectivity index is 1.99. The average Bonchev–Trinajstić information content (AvgIpc) is 2.24. The van der Waals surface area contributed by atoms with E-state index < -0.39 is 0 Å². The van der Waals surface area contributed by atoms with Crippen LogP contribution in [0.25, 0.3) is 0 Å². The van der Waals surface area contributed by atoms with E-state index in [2.05, 4.69) is 13.8 Å². The fraction of sp³-hybridized carbons (Fsp3) is 1.00. The standard InChI is InChI=1S/C10H14/c1-5-6(2)10-4-9(5)3-7(10)8(9)10/h5-8H,3-4H2,1-2H3. The highest BCUT2D eigenvalue weighted by Gasteiger charge is 2.96. The molecule has 5 saturated carbocycles. The normalized spacial score (nSPS) is 87.0. The van der Waals surface area contributed by atoms with Gasteiger partial charge >= 0.3 is 0 Å². The van der Waals surface area contributed by atoms with Crippen LogP contribution in [0.2, 0.25) is 0 Å². The largest absolute Gasteiger partial charge is 0.0617 e. The highest BCUT2D eigenvalue weighted by atomic mass is 15.0. The Labute approximate surface area is 62.0 Å². The van der Waals surface area contributed by atoms with Crippen molar-refractivity contribution >= 4 is 0 Å². The maximum Gasteiger partial charge on any atom is -0.0195 e. The molecule has 0 aromatic heterocycles. The minimum absolute atomic E-state index is 0.935. The van der Waals surface area contributed by atoms with Crippen LogP contribution in [-0.2, 0) is 0 Å². The van der Waals surface area contributed by atoms with Crippen molar-refractivity contribution in [3.05, 3.63) is 0 Å². The van der Waals surface area contributed by atoms with E-state index in [9.17, 15) is 0 Å². The summed E-state index contributed by atoms with van der Waals surface area (Å²) in [6, 6.07) is 0. The fourth-order valence-corrected chi connectivity index (χ4v) is 5.40. The zero-order chi connectivity index (χ0) is 6.72. The van der Waals surface area contributed by atoms with E-state index in [1.54, 1.807) is 12.8 Å². The van der Waals surface area contributed by atoms with Crippen LogP contribution >= 0.6 is 0 Å². The second-order valence-corrected chi connectivity index (χ2v) is 5.39. The molecule has 0 amide bonds. The Bertz CT molecular complexity index is 230. The average molecular weight is 134 g/mol. The summed E-state index contributed by atoms with van der Waals surface area (Å²) in [6.45, 7) is 5.01. The van der Waals surface area contributed by atoms with Gasteiger partial charge in [0.15, 0.2) is 0 Å². The molecule has 0 aromatic rings. The van der Waals surface area contributed by atoms with Crippen molar-refractivity contribution in [3.8, 4) is 0 Å². The molecule has 6 atom stereocenters. The Morgan fingerprint density at radius 1 is 1.20 bits per heavy atom. The van der Waals surface area contributed by atoms with Crippen LogP contribution in [0.3, 0.4) is 0 Å². The lowest BCUT2D eigenvalue weighted by atomic mass is 9.61. The van der Waals surface area contributed by atoms with Gasteiger partial charge < -0.3 is 0 Å². The molecular weight excluding hydrogens is 120 g/mol. The molecule has 0 aromatic carbocycles. The van der Waals surface area contributed by atoms with E-state index in [0.29, 0.717) is 0 Å². The van der Waals surface area contributed by atoms with Crippen molar-refractivity contribution in [3.63, 3.8) is 0 Å². The molecule has 54 valence electrons. The molecule has 5 aliphatic rings. The van der Waals surface area contributed by atoms with Crippen molar-refractivity contribution in [2.24, 2.45) is 34.5 Å². The lowest BCUT2D eigenvalue weighted by molar-refractivity contribution is 0.0448. The van der Waals surface area contributed by atoms with Crippen molar-refractivity contribution in [1.82, 2.24) is 0 Å².